The molecular formula is C45H38P2. The summed E-state index contributed by atoms with van der Waals surface area (Å²) in [6.45, 7) is 0. The number of rotatable bonds is 10. The fraction of sp³-hybridized carbons (Fsp3) is 0.111. The number of hydrogen-bond donors (Lipinski definition) is 0. The van der Waals surface area contributed by atoms with Gasteiger partial charge in [-0.15, -0.1) is 0 Å². The molecule has 0 aliphatic heterocycles. The Kier molecular flexibility index (Phi) is 8.81. The van der Waals surface area contributed by atoms with Gasteiger partial charge < -0.3 is 0 Å². The van der Waals surface area contributed by atoms with E-state index < -0.39 is 15.8 Å². The molecule has 0 amide bonds. The molecule has 0 saturated heterocycles. The van der Waals surface area contributed by atoms with Crippen molar-refractivity contribution in [2.24, 2.45) is 0 Å². The molecule has 0 atom stereocenters. The highest BCUT2D eigenvalue weighted by molar-refractivity contribution is 7.74. The second-order valence-corrected chi connectivity index (χ2v) is 16.9. The van der Waals surface area contributed by atoms with Crippen molar-refractivity contribution >= 4 is 80.2 Å². The summed E-state index contributed by atoms with van der Waals surface area (Å²) in [6.07, 6.45) is 6.11. The zero-order chi connectivity index (χ0) is 31.4. The number of fused-ring (bicyclic) bond motifs is 4. The Morgan fingerprint density at radius 1 is 0.255 bits per heavy atom. The molecule has 0 fully saturated rings. The lowest BCUT2D eigenvalue weighted by atomic mass is 10.1. The largest absolute Gasteiger partial charge is 0.0616 e. The predicted molar refractivity (Wildman–Crippen MR) is 212 cm³/mol. The molecule has 8 aromatic rings. The first-order valence-corrected chi connectivity index (χ1v) is 19.9. The first kappa shape index (κ1) is 30.0. The summed E-state index contributed by atoms with van der Waals surface area (Å²) in [6, 6.07) is 63.5. The molecule has 0 bridgehead atoms. The van der Waals surface area contributed by atoms with Crippen molar-refractivity contribution in [1.29, 1.82) is 0 Å². The van der Waals surface area contributed by atoms with Crippen molar-refractivity contribution in [1.82, 2.24) is 0 Å². The van der Waals surface area contributed by atoms with Gasteiger partial charge in [0.15, 0.2) is 0 Å². The third-order valence-electron chi connectivity index (χ3n) is 9.49. The van der Waals surface area contributed by atoms with Gasteiger partial charge >= 0.3 is 0 Å². The molecule has 47 heavy (non-hydrogen) atoms. The highest BCUT2D eigenvalue weighted by Crippen LogP contribution is 2.42. The molecule has 0 saturated carbocycles. The van der Waals surface area contributed by atoms with Crippen LogP contribution in [0.3, 0.4) is 0 Å². The van der Waals surface area contributed by atoms with Crippen molar-refractivity contribution in [2.75, 3.05) is 12.3 Å². The third-order valence-corrected chi connectivity index (χ3v) is 14.9. The second kappa shape index (κ2) is 13.8. The standard InChI is InChI=1S/C45H38P2/c1(10-32-46(42-28-12-20-34-16-2-6-24-38(34)42)43-29-13-21-35-17-3-7-25-39(35)43)11-33-47(44-30-14-22-36-18-4-8-26-40(36)44)45-31-15-23-37-19-5-9-27-41(37)45/h2-9,12-31H,1,10-11,32-33H2. The van der Waals surface area contributed by atoms with E-state index in [1.807, 2.05) is 0 Å². The van der Waals surface area contributed by atoms with Crippen molar-refractivity contribution in [3.8, 4) is 0 Å². The summed E-state index contributed by atoms with van der Waals surface area (Å²) in [5, 5.41) is 17.1. The van der Waals surface area contributed by atoms with Crippen LogP contribution in [0.25, 0.3) is 43.1 Å². The maximum absolute atomic E-state index is 2.40. The van der Waals surface area contributed by atoms with Crippen molar-refractivity contribution in [2.45, 2.75) is 19.3 Å². The second-order valence-electron chi connectivity index (χ2n) is 12.4. The third kappa shape index (κ3) is 6.10. The average Bonchev–Trinajstić information content (AvgIpc) is 3.14. The minimum Gasteiger partial charge on any atom is -0.0616 e. The Balaban J connectivity index is 1.10. The molecule has 0 radical (unpaired) electrons. The monoisotopic (exact) mass is 640 g/mol. The van der Waals surface area contributed by atoms with Crippen LogP contribution in [0.1, 0.15) is 19.3 Å². The fourth-order valence-electron chi connectivity index (χ4n) is 7.23. The normalized spacial score (nSPS) is 11.8. The van der Waals surface area contributed by atoms with Gasteiger partial charge in [-0.1, -0.05) is 176 Å². The van der Waals surface area contributed by atoms with Crippen LogP contribution in [0.4, 0.5) is 0 Å². The van der Waals surface area contributed by atoms with Gasteiger partial charge in [0, 0.05) is 0 Å². The molecule has 0 aliphatic rings. The van der Waals surface area contributed by atoms with Crippen LogP contribution in [-0.4, -0.2) is 12.3 Å². The molecule has 0 N–H and O–H groups in total. The van der Waals surface area contributed by atoms with Crippen molar-refractivity contribution < 1.29 is 0 Å². The number of unbranched alkanes of at least 4 members (excludes halogenated alkanes) is 2. The molecule has 0 heterocycles. The predicted octanol–water partition coefficient (Wildman–Crippen LogP) is 11.0. The fourth-order valence-corrected chi connectivity index (χ4v) is 12.8. The van der Waals surface area contributed by atoms with Gasteiger partial charge in [0.2, 0.25) is 0 Å². The molecule has 8 aromatic carbocycles. The molecule has 0 aliphatic carbocycles. The number of benzene rings is 8. The molecule has 0 unspecified atom stereocenters. The first-order valence-electron chi connectivity index (χ1n) is 16.8. The Morgan fingerprint density at radius 3 is 0.809 bits per heavy atom. The van der Waals surface area contributed by atoms with Gasteiger partial charge in [0.05, 0.1) is 0 Å². The van der Waals surface area contributed by atoms with Crippen LogP contribution in [0.2, 0.25) is 0 Å². The van der Waals surface area contributed by atoms with Crippen molar-refractivity contribution in [3.05, 3.63) is 170 Å². The van der Waals surface area contributed by atoms with E-state index in [0.717, 1.165) is 0 Å². The summed E-state index contributed by atoms with van der Waals surface area (Å²) in [5.74, 6) is 0. The minimum absolute atomic E-state index is 0.512. The molecule has 0 aromatic heterocycles. The summed E-state index contributed by atoms with van der Waals surface area (Å²) in [5.41, 5.74) is 0. The van der Waals surface area contributed by atoms with Gasteiger partial charge in [-0.3, -0.25) is 0 Å². The van der Waals surface area contributed by atoms with E-state index in [-0.39, 0.29) is 0 Å². The first-order chi connectivity index (χ1) is 23.3. The number of hydrogen-bond acceptors (Lipinski definition) is 0. The molecule has 0 spiro atoms. The maximum atomic E-state index is 2.40. The van der Waals surface area contributed by atoms with Crippen LogP contribution in [0.5, 0.6) is 0 Å². The topological polar surface area (TPSA) is 0 Å². The molecule has 2 heteroatoms. The summed E-state index contributed by atoms with van der Waals surface area (Å²) in [4.78, 5) is 0. The Morgan fingerprint density at radius 2 is 0.511 bits per heavy atom. The van der Waals surface area contributed by atoms with E-state index in [0.29, 0.717) is 0 Å². The van der Waals surface area contributed by atoms with E-state index in [2.05, 4.69) is 170 Å². The summed E-state index contributed by atoms with van der Waals surface area (Å²) < 4.78 is 0. The van der Waals surface area contributed by atoms with Gasteiger partial charge in [-0.05, 0) is 105 Å². The van der Waals surface area contributed by atoms with Crippen LogP contribution in [0, 0.1) is 0 Å². The van der Waals surface area contributed by atoms with E-state index in [9.17, 15) is 0 Å². The van der Waals surface area contributed by atoms with Gasteiger partial charge in [0.25, 0.3) is 0 Å². The quantitative estimate of drug-likeness (QED) is 0.103. The smallest absolute Gasteiger partial charge is 0.0104 e. The van der Waals surface area contributed by atoms with Gasteiger partial charge in [0.1, 0.15) is 0 Å². The van der Waals surface area contributed by atoms with E-state index in [4.69, 9.17) is 0 Å². The lowest BCUT2D eigenvalue weighted by molar-refractivity contribution is 0.782. The lowest BCUT2D eigenvalue weighted by Gasteiger charge is -2.24. The van der Waals surface area contributed by atoms with Crippen LogP contribution >= 0.6 is 15.8 Å². The molecule has 0 nitrogen and oxygen atoms in total. The maximum Gasteiger partial charge on any atom is -0.0104 e. The van der Waals surface area contributed by atoms with Gasteiger partial charge in [-0.2, -0.15) is 0 Å². The van der Waals surface area contributed by atoms with Crippen LogP contribution in [0.15, 0.2) is 170 Å². The zero-order valence-electron chi connectivity index (χ0n) is 26.6. The summed E-state index contributed by atoms with van der Waals surface area (Å²) >= 11 is 0. The Bertz CT molecular complexity index is 1980. The molecule has 228 valence electrons. The van der Waals surface area contributed by atoms with Crippen molar-refractivity contribution in [3.63, 3.8) is 0 Å². The van der Waals surface area contributed by atoms with E-state index >= 15 is 0 Å². The highest BCUT2D eigenvalue weighted by Gasteiger charge is 2.21. The molecular weight excluding hydrogens is 602 g/mol. The van der Waals surface area contributed by atoms with E-state index in [1.54, 1.807) is 0 Å². The van der Waals surface area contributed by atoms with Gasteiger partial charge in [-0.25, -0.2) is 0 Å². The molecule has 8 rings (SSSR count). The Labute approximate surface area is 280 Å². The average molecular weight is 641 g/mol. The van der Waals surface area contributed by atoms with E-state index in [1.165, 1.54) is 95.9 Å². The highest BCUT2D eigenvalue weighted by atomic mass is 31.1. The SMILES string of the molecule is c1ccc2c(P(CCCCCP(c3cccc4ccccc34)c3cccc4ccccc34)c3cccc4ccccc34)cccc2c1. The lowest BCUT2D eigenvalue weighted by Crippen LogP contribution is -2.17. The zero-order valence-corrected chi connectivity index (χ0v) is 28.4. The minimum atomic E-state index is -0.512. The van der Waals surface area contributed by atoms with Crippen LogP contribution in [-0.2, 0) is 0 Å². The summed E-state index contributed by atoms with van der Waals surface area (Å²) in [7, 11) is -1.02. The Hall–Kier alpha value is -4.34. The van der Waals surface area contributed by atoms with Crippen LogP contribution < -0.4 is 21.2 Å².